The van der Waals surface area contributed by atoms with Crippen molar-refractivity contribution in [3.05, 3.63) is 63.6 Å². The third kappa shape index (κ3) is 8.25. The SMILES string of the molecule is CC[C@@H](C)NC(=O)[C@@H](CC)N(Cc1c(Cl)cccc1Cl)C(=O)CN(c1cccc(C(F)(F)F)c1)S(C)(=O)=O. The van der Waals surface area contributed by atoms with E-state index in [1.165, 1.54) is 0 Å². The molecule has 1 N–H and O–H groups in total. The lowest BCUT2D eigenvalue weighted by Gasteiger charge is -2.33. The zero-order chi connectivity index (χ0) is 28.8. The van der Waals surface area contributed by atoms with Crippen LogP contribution in [0.3, 0.4) is 0 Å². The number of benzene rings is 2. The molecule has 0 aliphatic rings. The van der Waals surface area contributed by atoms with E-state index in [1.54, 1.807) is 32.0 Å². The van der Waals surface area contributed by atoms with Crippen LogP contribution in [0.5, 0.6) is 0 Å². The smallest absolute Gasteiger partial charge is 0.352 e. The van der Waals surface area contributed by atoms with E-state index < -0.39 is 46.2 Å². The standard InChI is InChI=1S/C25H30Cl2F3N3O4S/c1-5-16(3)31-24(35)22(6-2)32(14-19-20(26)11-8-12-21(19)27)23(34)15-33(38(4,36)37)18-10-7-9-17(13-18)25(28,29)30/h7-13,16,22H,5-6,14-15H2,1-4H3,(H,31,35)/t16-,22-/m1/s1. The predicted octanol–water partition coefficient (Wildman–Crippen LogP) is 5.50. The molecule has 0 saturated heterocycles. The maximum Gasteiger partial charge on any atom is 0.416 e. The van der Waals surface area contributed by atoms with Gasteiger partial charge in [-0.1, -0.05) is 49.2 Å². The van der Waals surface area contributed by atoms with E-state index in [9.17, 15) is 31.2 Å². The van der Waals surface area contributed by atoms with Gasteiger partial charge in [0.15, 0.2) is 0 Å². The largest absolute Gasteiger partial charge is 0.416 e. The molecule has 210 valence electrons. The lowest BCUT2D eigenvalue weighted by Crippen LogP contribution is -2.53. The molecule has 0 bridgehead atoms. The molecular formula is C25H30Cl2F3N3O4S. The number of nitrogens with one attached hydrogen (secondary N) is 1. The van der Waals surface area contributed by atoms with Crippen LogP contribution in [0.15, 0.2) is 42.5 Å². The van der Waals surface area contributed by atoms with Gasteiger partial charge in [-0.3, -0.25) is 13.9 Å². The molecule has 2 aromatic carbocycles. The Kier molecular flexibility index (Phi) is 10.9. The summed E-state index contributed by atoms with van der Waals surface area (Å²) in [6.07, 6.45) is -3.15. The number of carbonyl (C=O) groups is 2. The van der Waals surface area contributed by atoms with Crippen molar-refractivity contribution < 1.29 is 31.2 Å². The maximum absolute atomic E-state index is 13.7. The fraction of sp³-hybridized carbons (Fsp3) is 0.440. The zero-order valence-corrected chi connectivity index (χ0v) is 23.7. The highest BCUT2D eigenvalue weighted by atomic mass is 35.5. The molecule has 2 atom stereocenters. The average molecular weight is 596 g/mol. The van der Waals surface area contributed by atoms with Crippen molar-refractivity contribution in [1.82, 2.24) is 10.2 Å². The van der Waals surface area contributed by atoms with E-state index in [1.807, 2.05) is 6.92 Å². The van der Waals surface area contributed by atoms with Crippen molar-refractivity contribution in [2.24, 2.45) is 0 Å². The second kappa shape index (κ2) is 13.0. The van der Waals surface area contributed by atoms with Crippen LogP contribution in [0.25, 0.3) is 0 Å². The first-order valence-corrected chi connectivity index (χ1v) is 14.4. The Labute approximate surface area is 230 Å². The molecule has 0 aromatic heterocycles. The maximum atomic E-state index is 13.7. The number of anilines is 1. The summed E-state index contributed by atoms with van der Waals surface area (Å²) in [7, 11) is -4.21. The topological polar surface area (TPSA) is 86.8 Å². The lowest BCUT2D eigenvalue weighted by atomic mass is 10.1. The monoisotopic (exact) mass is 595 g/mol. The summed E-state index contributed by atoms with van der Waals surface area (Å²) in [5.41, 5.74) is -1.08. The van der Waals surface area contributed by atoms with E-state index in [2.05, 4.69) is 5.32 Å². The zero-order valence-electron chi connectivity index (χ0n) is 21.4. The van der Waals surface area contributed by atoms with Gasteiger partial charge in [0.2, 0.25) is 21.8 Å². The second-order valence-corrected chi connectivity index (χ2v) is 11.5. The van der Waals surface area contributed by atoms with Gasteiger partial charge >= 0.3 is 6.18 Å². The molecule has 7 nitrogen and oxygen atoms in total. The Balaban J connectivity index is 2.55. The molecule has 2 rings (SSSR count). The van der Waals surface area contributed by atoms with Crippen LogP contribution in [0.4, 0.5) is 18.9 Å². The molecule has 0 heterocycles. The van der Waals surface area contributed by atoms with Gasteiger partial charge in [-0.2, -0.15) is 13.2 Å². The molecule has 38 heavy (non-hydrogen) atoms. The number of hydrogen-bond acceptors (Lipinski definition) is 4. The fourth-order valence-electron chi connectivity index (χ4n) is 3.67. The molecule has 0 aliphatic heterocycles. The van der Waals surface area contributed by atoms with E-state index in [4.69, 9.17) is 23.2 Å². The summed E-state index contributed by atoms with van der Waals surface area (Å²) in [5.74, 6) is -1.29. The number of nitrogens with zero attached hydrogens (tertiary/aromatic N) is 2. The molecule has 2 amide bonds. The summed E-state index contributed by atoms with van der Waals surface area (Å²) in [5, 5.41) is 3.27. The fourth-order valence-corrected chi connectivity index (χ4v) is 5.02. The van der Waals surface area contributed by atoms with E-state index in [0.29, 0.717) is 22.4 Å². The number of hydrogen-bond donors (Lipinski definition) is 1. The Morgan fingerprint density at radius 2 is 1.61 bits per heavy atom. The van der Waals surface area contributed by atoms with Gasteiger partial charge < -0.3 is 10.2 Å². The van der Waals surface area contributed by atoms with Gasteiger partial charge in [-0.25, -0.2) is 8.42 Å². The molecule has 0 aliphatic carbocycles. The van der Waals surface area contributed by atoms with Crippen molar-refractivity contribution in [2.45, 2.75) is 58.4 Å². The van der Waals surface area contributed by atoms with Crippen LogP contribution in [-0.4, -0.2) is 50.0 Å². The van der Waals surface area contributed by atoms with Gasteiger partial charge in [-0.15, -0.1) is 0 Å². The van der Waals surface area contributed by atoms with E-state index >= 15 is 0 Å². The van der Waals surface area contributed by atoms with Crippen molar-refractivity contribution in [3.8, 4) is 0 Å². The van der Waals surface area contributed by atoms with Crippen LogP contribution in [-0.2, 0) is 32.3 Å². The normalized spacial score (nSPS) is 13.5. The number of halogens is 5. The Hall–Kier alpha value is -2.50. The molecule has 0 unspecified atom stereocenters. The molecule has 0 spiro atoms. The minimum atomic E-state index is -4.72. The number of alkyl halides is 3. The minimum Gasteiger partial charge on any atom is -0.352 e. The quantitative estimate of drug-likeness (QED) is 0.371. The summed E-state index contributed by atoms with van der Waals surface area (Å²) < 4.78 is 65.7. The Bertz CT molecular complexity index is 1240. The van der Waals surface area contributed by atoms with Gasteiger partial charge in [0.25, 0.3) is 0 Å². The van der Waals surface area contributed by atoms with Gasteiger partial charge in [0, 0.05) is 28.2 Å². The van der Waals surface area contributed by atoms with Crippen LogP contribution in [0.1, 0.15) is 44.7 Å². The van der Waals surface area contributed by atoms with Crippen LogP contribution >= 0.6 is 23.2 Å². The predicted molar refractivity (Wildman–Crippen MR) is 143 cm³/mol. The van der Waals surface area contributed by atoms with Crippen LogP contribution in [0, 0.1) is 0 Å². The Morgan fingerprint density at radius 3 is 2.11 bits per heavy atom. The molecule has 0 fully saturated rings. The summed E-state index contributed by atoms with van der Waals surface area (Å²) >= 11 is 12.6. The number of sulfonamides is 1. The van der Waals surface area contributed by atoms with Crippen LogP contribution in [0.2, 0.25) is 10.0 Å². The summed E-state index contributed by atoms with van der Waals surface area (Å²) in [6, 6.07) is 7.13. The highest BCUT2D eigenvalue weighted by Gasteiger charge is 2.35. The Morgan fingerprint density at radius 1 is 1.03 bits per heavy atom. The molecule has 2 aromatic rings. The van der Waals surface area contributed by atoms with Crippen LogP contribution < -0.4 is 9.62 Å². The minimum absolute atomic E-state index is 0.165. The van der Waals surface area contributed by atoms with Crippen molar-refractivity contribution in [2.75, 3.05) is 17.1 Å². The van der Waals surface area contributed by atoms with Gasteiger partial charge in [0.1, 0.15) is 12.6 Å². The van der Waals surface area contributed by atoms with Crippen molar-refractivity contribution in [1.29, 1.82) is 0 Å². The first kappa shape index (κ1) is 31.7. The molecule has 13 heteroatoms. The molecule has 0 saturated carbocycles. The third-order valence-corrected chi connectivity index (χ3v) is 7.77. The van der Waals surface area contributed by atoms with Gasteiger partial charge in [-0.05, 0) is 50.1 Å². The summed E-state index contributed by atoms with van der Waals surface area (Å²) in [4.78, 5) is 28.0. The van der Waals surface area contributed by atoms with Crippen molar-refractivity contribution in [3.63, 3.8) is 0 Å². The first-order valence-electron chi connectivity index (χ1n) is 11.8. The molecular weight excluding hydrogens is 566 g/mol. The second-order valence-electron chi connectivity index (χ2n) is 8.78. The number of amides is 2. The summed E-state index contributed by atoms with van der Waals surface area (Å²) in [6.45, 7) is 4.26. The van der Waals surface area contributed by atoms with E-state index in [0.717, 1.165) is 29.4 Å². The third-order valence-electron chi connectivity index (χ3n) is 5.92. The van der Waals surface area contributed by atoms with E-state index in [-0.39, 0.29) is 34.7 Å². The molecule has 0 radical (unpaired) electrons. The number of carbonyl (C=O) groups excluding carboxylic acids is 2. The highest BCUT2D eigenvalue weighted by Crippen LogP contribution is 2.32. The van der Waals surface area contributed by atoms with Crippen molar-refractivity contribution >= 4 is 50.7 Å². The first-order chi connectivity index (χ1) is 17.6. The number of rotatable bonds is 11. The highest BCUT2D eigenvalue weighted by molar-refractivity contribution is 7.92. The van der Waals surface area contributed by atoms with Gasteiger partial charge in [0.05, 0.1) is 17.5 Å². The lowest BCUT2D eigenvalue weighted by molar-refractivity contribution is -0.140. The average Bonchev–Trinajstić information content (AvgIpc) is 2.82.